The molecule has 0 spiro atoms. The van der Waals surface area contributed by atoms with Gasteiger partial charge in [-0.05, 0) is 44.3 Å². The van der Waals surface area contributed by atoms with Crippen molar-refractivity contribution < 1.29 is 0 Å². The Hall–Kier alpha value is 0.220. The maximum atomic E-state index is 3.51. The topological polar surface area (TPSA) is 0 Å². The zero-order valence-electron chi connectivity index (χ0n) is 10.2. The van der Waals surface area contributed by atoms with Crippen molar-refractivity contribution in [2.75, 3.05) is 0 Å². The third-order valence-corrected chi connectivity index (χ3v) is 4.87. The van der Waals surface area contributed by atoms with Crippen LogP contribution in [0, 0.1) is 11.8 Å². The molecule has 1 rings (SSSR count). The molecular weight excluding hydrogens is 360 g/mol. The average molecular weight is 378 g/mol. The lowest BCUT2D eigenvalue weighted by atomic mass is 10.1. The van der Waals surface area contributed by atoms with Gasteiger partial charge in [-0.2, -0.15) is 0 Å². The quantitative estimate of drug-likeness (QED) is 0.398. The van der Waals surface area contributed by atoms with Gasteiger partial charge in [-0.1, -0.05) is 50.9 Å². The Morgan fingerprint density at radius 1 is 1.12 bits per heavy atom. The Kier molecular flexibility index (Phi) is 8.26. The first-order chi connectivity index (χ1) is 8.24. The summed E-state index contributed by atoms with van der Waals surface area (Å²) in [5.74, 6) is 6.47. The minimum absolute atomic E-state index is 1.02. The number of thiophene rings is 1. The van der Waals surface area contributed by atoms with Gasteiger partial charge in [0.05, 0.1) is 13.1 Å². The van der Waals surface area contributed by atoms with Crippen molar-refractivity contribution in [1.29, 1.82) is 0 Å². The maximum absolute atomic E-state index is 3.51. The SMILES string of the molecule is CCCCCCCCC#Cc1cc(Br)sc1Br. The molecule has 0 aromatic carbocycles. The van der Waals surface area contributed by atoms with E-state index in [1.807, 2.05) is 0 Å². The highest BCUT2D eigenvalue weighted by atomic mass is 79.9. The molecule has 1 aromatic heterocycles. The van der Waals surface area contributed by atoms with Gasteiger partial charge in [0.25, 0.3) is 0 Å². The predicted octanol–water partition coefficient (Wildman–Crippen LogP) is 6.38. The minimum Gasteiger partial charge on any atom is -0.120 e. The second-order valence-electron chi connectivity index (χ2n) is 4.06. The van der Waals surface area contributed by atoms with Crippen LogP contribution in [0.15, 0.2) is 13.6 Å². The summed E-state index contributed by atoms with van der Waals surface area (Å²) in [7, 11) is 0. The third kappa shape index (κ3) is 6.64. The normalized spacial score (nSPS) is 10.1. The van der Waals surface area contributed by atoms with Gasteiger partial charge in [-0.15, -0.1) is 11.3 Å². The van der Waals surface area contributed by atoms with Crippen molar-refractivity contribution in [3.05, 3.63) is 19.2 Å². The van der Waals surface area contributed by atoms with E-state index in [0.29, 0.717) is 0 Å². The lowest BCUT2D eigenvalue weighted by molar-refractivity contribution is 0.614. The summed E-state index contributed by atoms with van der Waals surface area (Å²) in [4.78, 5) is 0. The summed E-state index contributed by atoms with van der Waals surface area (Å²) < 4.78 is 2.26. The molecule has 0 saturated heterocycles. The highest BCUT2D eigenvalue weighted by Crippen LogP contribution is 2.31. The van der Waals surface area contributed by atoms with Crippen molar-refractivity contribution in [1.82, 2.24) is 0 Å². The van der Waals surface area contributed by atoms with Gasteiger partial charge in [0.1, 0.15) is 0 Å². The molecule has 0 N–H and O–H groups in total. The van der Waals surface area contributed by atoms with Crippen LogP contribution in [0.4, 0.5) is 0 Å². The van der Waals surface area contributed by atoms with Crippen LogP contribution in [0.5, 0.6) is 0 Å². The summed E-state index contributed by atoms with van der Waals surface area (Å²) in [5, 5.41) is 0. The van der Waals surface area contributed by atoms with E-state index in [9.17, 15) is 0 Å². The summed E-state index contributed by atoms with van der Waals surface area (Å²) >= 11 is 8.65. The van der Waals surface area contributed by atoms with Crippen LogP contribution in [0.25, 0.3) is 0 Å². The first kappa shape index (κ1) is 15.3. The molecule has 0 aliphatic heterocycles. The molecule has 17 heavy (non-hydrogen) atoms. The van der Waals surface area contributed by atoms with Crippen molar-refractivity contribution in [3.8, 4) is 11.8 Å². The van der Waals surface area contributed by atoms with E-state index >= 15 is 0 Å². The zero-order chi connectivity index (χ0) is 12.5. The van der Waals surface area contributed by atoms with Gasteiger partial charge in [0.15, 0.2) is 0 Å². The number of hydrogen-bond donors (Lipinski definition) is 0. The van der Waals surface area contributed by atoms with E-state index in [0.717, 1.165) is 19.6 Å². The smallest absolute Gasteiger partial charge is 0.0866 e. The highest BCUT2D eigenvalue weighted by Gasteiger charge is 2.00. The number of unbranched alkanes of at least 4 members (excludes halogenated alkanes) is 6. The van der Waals surface area contributed by atoms with E-state index < -0.39 is 0 Å². The molecule has 1 aromatic rings. The van der Waals surface area contributed by atoms with Crippen molar-refractivity contribution >= 4 is 43.2 Å². The molecule has 0 saturated carbocycles. The Bertz CT molecular complexity index is 385. The molecule has 0 aliphatic rings. The molecule has 0 atom stereocenters. The molecular formula is C14H18Br2S. The summed E-state index contributed by atoms with van der Waals surface area (Å²) in [6.45, 7) is 2.25. The summed E-state index contributed by atoms with van der Waals surface area (Å²) in [6, 6.07) is 2.07. The molecule has 0 fully saturated rings. The molecule has 0 amide bonds. The largest absolute Gasteiger partial charge is 0.120 e. The lowest BCUT2D eigenvalue weighted by Gasteiger charge is -1.96. The van der Waals surface area contributed by atoms with Crippen LogP contribution < -0.4 is 0 Å². The Morgan fingerprint density at radius 3 is 2.47 bits per heavy atom. The van der Waals surface area contributed by atoms with Crippen LogP contribution in [0.3, 0.4) is 0 Å². The third-order valence-electron chi connectivity index (χ3n) is 2.54. The average Bonchev–Trinajstić information content (AvgIpc) is 2.61. The Labute approximate surface area is 125 Å². The minimum atomic E-state index is 1.02. The fourth-order valence-corrected chi connectivity index (χ4v) is 4.25. The number of halogens is 2. The van der Waals surface area contributed by atoms with Gasteiger partial charge in [0.2, 0.25) is 0 Å². The van der Waals surface area contributed by atoms with Crippen LogP contribution >= 0.6 is 43.2 Å². The Balaban J connectivity index is 2.16. The summed E-state index contributed by atoms with van der Waals surface area (Å²) in [5.41, 5.74) is 1.10. The summed E-state index contributed by atoms with van der Waals surface area (Å²) in [6.07, 6.45) is 9.02. The number of rotatable bonds is 6. The second-order valence-corrected chi connectivity index (χ2v) is 7.81. The second kappa shape index (κ2) is 9.19. The maximum Gasteiger partial charge on any atom is 0.0866 e. The monoisotopic (exact) mass is 376 g/mol. The Morgan fingerprint density at radius 2 is 1.82 bits per heavy atom. The van der Waals surface area contributed by atoms with Crippen molar-refractivity contribution in [3.63, 3.8) is 0 Å². The first-order valence-electron chi connectivity index (χ1n) is 6.17. The van der Waals surface area contributed by atoms with Crippen molar-refractivity contribution in [2.45, 2.75) is 51.9 Å². The molecule has 0 unspecified atom stereocenters. The van der Waals surface area contributed by atoms with Crippen LogP contribution in [-0.4, -0.2) is 0 Å². The van der Waals surface area contributed by atoms with Gasteiger partial charge in [-0.25, -0.2) is 0 Å². The molecule has 3 heteroatoms. The van der Waals surface area contributed by atoms with Crippen LogP contribution in [0.1, 0.15) is 57.4 Å². The predicted molar refractivity (Wildman–Crippen MR) is 84.6 cm³/mol. The molecule has 0 aliphatic carbocycles. The van der Waals surface area contributed by atoms with Crippen LogP contribution in [0.2, 0.25) is 0 Å². The highest BCUT2D eigenvalue weighted by molar-refractivity contribution is 9.12. The van der Waals surface area contributed by atoms with E-state index in [2.05, 4.69) is 56.7 Å². The molecule has 0 nitrogen and oxygen atoms in total. The van der Waals surface area contributed by atoms with Crippen LogP contribution in [-0.2, 0) is 0 Å². The molecule has 1 heterocycles. The van der Waals surface area contributed by atoms with E-state index in [1.54, 1.807) is 11.3 Å². The van der Waals surface area contributed by atoms with E-state index in [4.69, 9.17) is 0 Å². The van der Waals surface area contributed by atoms with Gasteiger partial charge in [-0.3, -0.25) is 0 Å². The van der Waals surface area contributed by atoms with E-state index in [-0.39, 0.29) is 0 Å². The standard InChI is InChI=1S/C14H18Br2S/c1-2-3-4-5-6-7-8-9-10-12-11-13(15)17-14(12)16/h11H,2-8H2,1H3. The molecule has 0 bridgehead atoms. The fourth-order valence-electron chi connectivity index (χ4n) is 1.58. The zero-order valence-corrected chi connectivity index (χ0v) is 14.2. The van der Waals surface area contributed by atoms with Gasteiger partial charge >= 0.3 is 0 Å². The molecule has 94 valence electrons. The van der Waals surface area contributed by atoms with E-state index in [1.165, 1.54) is 38.5 Å². The lowest BCUT2D eigenvalue weighted by Crippen LogP contribution is -1.78. The molecule has 0 radical (unpaired) electrons. The van der Waals surface area contributed by atoms with Gasteiger partial charge < -0.3 is 0 Å². The fraction of sp³-hybridized carbons (Fsp3) is 0.571. The number of hydrogen-bond acceptors (Lipinski definition) is 1. The van der Waals surface area contributed by atoms with Crippen molar-refractivity contribution in [2.24, 2.45) is 0 Å². The van der Waals surface area contributed by atoms with Gasteiger partial charge in [0, 0.05) is 6.42 Å². The first-order valence-corrected chi connectivity index (χ1v) is 8.58.